The Labute approximate surface area is 221 Å². The van der Waals surface area contributed by atoms with Crippen molar-refractivity contribution in [1.29, 1.82) is 0 Å². The average molecular weight is 516 g/mol. The molecule has 0 atom stereocenters. The predicted octanol–water partition coefficient (Wildman–Crippen LogP) is 4.71. The summed E-state index contributed by atoms with van der Waals surface area (Å²) in [5, 5.41) is 15.6. The van der Waals surface area contributed by atoms with E-state index < -0.39 is 11.6 Å². The van der Waals surface area contributed by atoms with Gasteiger partial charge in [0.2, 0.25) is 0 Å². The molecule has 2 heterocycles. The summed E-state index contributed by atoms with van der Waals surface area (Å²) in [5.74, 6) is 0.589. The van der Waals surface area contributed by atoms with E-state index in [4.69, 9.17) is 15.6 Å². The van der Waals surface area contributed by atoms with Gasteiger partial charge in [-0.3, -0.25) is 9.36 Å². The maximum absolute atomic E-state index is 13.6. The lowest BCUT2D eigenvalue weighted by Gasteiger charge is -2.19. The number of hydrogen-bond acceptors (Lipinski definition) is 6. The van der Waals surface area contributed by atoms with Crippen LogP contribution < -0.4 is 26.7 Å². The maximum atomic E-state index is 13.6. The Morgan fingerprint density at radius 1 is 1.05 bits per heavy atom. The van der Waals surface area contributed by atoms with Crippen molar-refractivity contribution in [2.24, 2.45) is 7.05 Å². The molecule has 9 heteroatoms. The topological polar surface area (TPSA) is 132 Å². The van der Waals surface area contributed by atoms with Crippen LogP contribution in [-0.2, 0) is 19.9 Å². The van der Waals surface area contributed by atoms with E-state index in [0.29, 0.717) is 65.2 Å². The minimum absolute atomic E-state index is 0.0292. The first-order valence-corrected chi connectivity index (χ1v) is 12.7. The van der Waals surface area contributed by atoms with Gasteiger partial charge in [-0.05, 0) is 65.9 Å². The highest BCUT2D eigenvalue weighted by Crippen LogP contribution is 2.35. The summed E-state index contributed by atoms with van der Waals surface area (Å²) >= 11 is 0. The van der Waals surface area contributed by atoms with E-state index in [9.17, 15) is 9.59 Å². The second-order valence-corrected chi connectivity index (χ2v) is 8.94. The number of aliphatic hydroxyl groups is 1. The number of fused-ring (bicyclic) bond motifs is 1. The zero-order valence-electron chi connectivity index (χ0n) is 21.9. The van der Waals surface area contributed by atoms with Crippen molar-refractivity contribution in [2.75, 3.05) is 29.6 Å². The smallest absolute Gasteiger partial charge is 0.323 e. The second-order valence-electron chi connectivity index (χ2n) is 8.94. The Balaban J connectivity index is 1.81. The lowest BCUT2D eigenvalue weighted by molar-refractivity contribution is 0.233. The zero-order valence-corrected chi connectivity index (χ0v) is 21.9. The third-order valence-corrected chi connectivity index (χ3v) is 6.40. The number of aliphatic hydroxyl groups excluding tert-OH is 1. The van der Waals surface area contributed by atoms with Crippen molar-refractivity contribution in [3.8, 4) is 16.9 Å². The number of aromatic nitrogens is 2. The monoisotopic (exact) mass is 515 g/mol. The van der Waals surface area contributed by atoms with Gasteiger partial charge in [0.1, 0.15) is 17.1 Å². The molecule has 0 saturated heterocycles. The number of benzene rings is 2. The molecule has 0 radical (unpaired) electrons. The average Bonchev–Trinajstić information content (AvgIpc) is 2.92. The standard InChI is InChI=1S/C29H33N5O4/c1-4-18-15-21(30)16-19(5-2)25(18)32-29(37)33-26-24(20-9-6-10-22(17-20)38-14-8-13-35)23-11-7-12-31-27(23)34(3)28(26)36/h6-7,9-12,15-17,35H,4-5,8,13-14,30H2,1-3H3,(H2,32,33,37). The van der Waals surface area contributed by atoms with Gasteiger partial charge in [0.15, 0.2) is 0 Å². The van der Waals surface area contributed by atoms with Crippen LogP contribution in [-0.4, -0.2) is 33.9 Å². The molecule has 0 bridgehead atoms. The van der Waals surface area contributed by atoms with E-state index in [0.717, 1.165) is 11.1 Å². The highest BCUT2D eigenvalue weighted by Gasteiger charge is 2.21. The molecule has 2 aromatic heterocycles. The fourth-order valence-corrected chi connectivity index (χ4v) is 4.55. The molecule has 0 aliphatic rings. The molecule has 198 valence electrons. The summed E-state index contributed by atoms with van der Waals surface area (Å²) in [6.45, 7) is 4.38. The number of amides is 2. The van der Waals surface area contributed by atoms with E-state index in [-0.39, 0.29) is 12.3 Å². The third kappa shape index (κ3) is 5.47. The number of anilines is 3. The van der Waals surface area contributed by atoms with Gasteiger partial charge in [-0.1, -0.05) is 26.0 Å². The van der Waals surface area contributed by atoms with E-state index in [1.807, 2.05) is 56.3 Å². The first kappa shape index (κ1) is 26.7. The number of rotatable bonds is 9. The van der Waals surface area contributed by atoms with Crippen LogP contribution in [0.4, 0.5) is 21.9 Å². The zero-order chi connectivity index (χ0) is 27.2. The van der Waals surface area contributed by atoms with Crippen molar-refractivity contribution in [3.63, 3.8) is 0 Å². The fraction of sp³-hybridized carbons (Fsp3) is 0.276. The largest absolute Gasteiger partial charge is 0.493 e. The van der Waals surface area contributed by atoms with Crippen molar-refractivity contribution in [1.82, 2.24) is 9.55 Å². The summed E-state index contributed by atoms with van der Waals surface area (Å²) in [6.07, 6.45) is 3.50. The number of aryl methyl sites for hydroxylation is 3. The molecule has 0 fully saturated rings. The highest BCUT2D eigenvalue weighted by molar-refractivity contribution is 6.07. The van der Waals surface area contributed by atoms with E-state index in [2.05, 4.69) is 15.6 Å². The molecule has 2 amide bonds. The van der Waals surface area contributed by atoms with Crippen molar-refractivity contribution in [2.45, 2.75) is 33.1 Å². The van der Waals surface area contributed by atoms with Gasteiger partial charge in [0.05, 0.1) is 6.61 Å². The van der Waals surface area contributed by atoms with Crippen LogP contribution in [0.5, 0.6) is 5.75 Å². The molecule has 0 unspecified atom stereocenters. The van der Waals surface area contributed by atoms with Gasteiger partial charge in [-0.2, -0.15) is 0 Å². The molecular formula is C29H33N5O4. The molecule has 0 saturated carbocycles. The fourth-order valence-electron chi connectivity index (χ4n) is 4.55. The first-order chi connectivity index (χ1) is 18.4. The number of ether oxygens (including phenoxy) is 1. The van der Waals surface area contributed by atoms with Crippen LogP contribution >= 0.6 is 0 Å². The van der Waals surface area contributed by atoms with Crippen LogP contribution in [0.15, 0.2) is 59.5 Å². The molecule has 0 aliphatic heterocycles. The Bertz CT molecular complexity index is 1500. The van der Waals surface area contributed by atoms with Crippen LogP contribution in [0.1, 0.15) is 31.4 Å². The number of carbonyl (C=O) groups excluding carboxylic acids is 1. The lowest BCUT2D eigenvalue weighted by Crippen LogP contribution is -2.29. The minimum Gasteiger partial charge on any atom is -0.493 e. The number of pyridine rings is 2. The Kier molecular flexibility index (Phi) is 8.28. The number of nitrogens with one attached hydrogen (secondary N) is 2. The molecule has 38 heavy (non-hydrogen) atoms. The number of nitrogen functional groups attached to an aromatic ring is 1. The van der Waals surface area contributed by atoms with Gasteiger partial charge in [0.25, 0.3) is 5.56 Å². The van der Waals surface area contributed by atoms with Crippen molar-refractivity contribution in [3.05, 3.63) is 76.2 Å². The molecule has 0 aliphatic carbocycles. The SMILES string of the molecule is CCc1cc(N)cc(CC)c1NC(=O)Nc1c(-c2cccc(OCCCO)c2)c2cccnc2n(C)c1=O. The van der Waals surface area contributed by atoms with Gasteiger partial charge in [0, 0.05) is 48.6 Å². The van der Waals surface area contributed by atoms with Crippen LogP contribution in [0.2, 0.25) is 0 Å². The normalized spacial score (nSPS) is 10.9. The van der Waals surface area contributed by atoms with Gasteiger partial charge >= 0.3 is 6.03 Å². The number of nitrogens with zero attached hydrogens (tertiary/aromatic N) is 2. The molecule has 9 nitrogen and oxygen atoms in total. The minimum atomic E-state index is -0.531. The maximum Gasteiger partial charge on any atom is 0.323 e. The molecule has 2 aromatic carbocycles. The van der Waals surface area contributed by atoms with Crippen molar-refractivity contribution < 1.29 is 14.6 Å². The predicted molar refractivity (Wildman–Crippen MR) is 152 cm³/mol. The summed E-state index contributed by atoms with van der Waals surface area (Å²) in [6, 6.07) is 14.1. The molecular weight excluding hydrogens is 482 g/mol. The van der Waals surface area contributed by atoms with E-state index in [1.165, 1.54) is 4.57 Å². The quantitative estimate of drug-likeness (QED) is 0.189. The van der Waals surface area contributed by atoms with Gasteiger partial charge in [-0.15, -0.1) is 0 Å². The summed E-state index contributed by atoms with van der Waals surface area (Å²) < 4.78 is 7.19. The Morgan fingerprint density at radius 3 is 2.45 bits per heavy atom. The summed E-state index contributed by atoms with van der Waals surface area (Å²) in [5.41, 5.74) is 10.7. The van der Waals surface area contributed by atoms with E-state index in [1.54, 1.807) is 19.3 Å². The molecule has 0 spiro atoms. The van der Waals surface area contributed by atoms with Crippen molar-refractivity contribution >= 4 is 34.1 Å². The first-order valence-electron chi connectivity index (χ1n) is 12.7. The summed E-state index contributed by atoms with van der Waals surface area (Å²) in [7, 11) is 1.63. The number of nitrogens with two attached hydrogens (primary N) is 1. The van der Waals surface area contributed by atoms with E-state index >= 15 is 0 Å². The number of carbonyl (C=O) groups is 1. The van der Waals surface area contributed by atoms with Gasteiger partial charge < -0.3 is 26.2 Å². The van der Waals surface area contributed by atoms with Crippen LogP contribution in [0.3, 0.4) is 0 Å². The van der Waals surface area contributed by atoms with Crippen LogP contribution in [0, 0.1) is 0 Å². The van der Waals surface area contributed by atoms with Crippen LogP contribution in [0.25, 0.3) is 22.2 Å². The summed E-state index contributed by atoms with van der Waals surface area (Å²) in [4.78, 5) is 31.3. The second kappa shape index (κ2) is 11.8. The van der Waals surface area contributed by atoms with Gasteiger partial charge in [-0.25, -0.2) is 9.78 Å². The molecule has 4 rings (SSSR count). The Morgan fingerprint density at radius 2 is 1.76 bits per heavy atom. The Hall–Kier alpha value is -4.37. The molecule has 5 N–H and O–H groups in total. The third-order valence-electron chi connectivity index (χ3n) is 6.40. The highest BCUT2D eigenvalue weighted by atomic mass is 16.5. The number of urea groups is 1. The number of hydrogen-bond donors (Lipinski definition) is 4. The molecule has 4 aromatic rings. The lowest BCUT2D eigenvalue weighted by atomic mass is 10.00.